The normalized spacial score (nSPS) is 13.5. The first-order valence-corrected chi connectivity index (χ1v) is 8.29. The summed E-state index contributed by atoms with van der Waals surface area (Å²) < 4.78 is 28.8. The van der Waals surface area contributed by atoms with Crippen molar-refractivity contribution in [3.8, 4) is 0 Å². The van der Waals surface area contributed by atoms with Crippen LogP contribution in [0.25, 0.3) is 0 Å². The zero-order valence-corrected chi connectivity index (χ0v) is 13.9. The zero-order valence-electron chi connectivity index (χ0n) is 13.9. The van der Waals surface area contributed by atoms with Crippen molar-refractivity contribution in [2.24, 2.45) is 0 Å². The van der Waals surface area contributed by atoms with Crippen LogP contribution in [0.5, 0.6) is 0 Å². The maximum atomic E-state index is 13.9. The van der Waals surface area contributed by atoms with Gasteiger partial charge in [-0.1, -0.05) is 12.1 Å². The first-order valence-electron chi connectivity index (χ1n) is 8.29. The van der Waals surface area contributed by atoms with E-state index in [-0.39, 0.29) is 17.3 Å². The Morgan fingerprint density at radius 1 is 1.12 bits per heavy atom. The van der Waals surface area contributed by atoms with Gasteiger partial charge in [-0.2, -0.15) is 0 Å². The number of benzene rings is 1. The molecular formula is C19H16F2N4O. The number of pyridine rings is 1. The van der Waals surface area contributed by atoms with E-state index in [1.807, 2.05) is 4.57 Å². The minimum atomic E-state index is -0.517. The molecule has 1 amide bonds. The molecule has 0 unspecified atom stereocenters. The molecule has 1 aromatic carbocycles. The molecule has 1 aliphatic heterocycles. The second kappa shape index (κ2) is 6.67. The fourth-order valence-electron chi connectivity index (χ4n) is 3.16. The molecule has 1 aliphatic rings. The number of nitrogens with zero attached hydrogens (tertiary/aromatic N) is 4. The Labute approximate surface area is 148 Å². The lowest BCUT2D eigenvalue weighted by Crippen LogP contribution is -2.37. The monoisotopic (exact) mass is 354 g/mol. The summed E-state index contributed by atoms with van der Waals surface area (Å²) in [5.41, 5.74) is 2.62. The third-order valence-electron chi connectivity index (χ3n) is 4.50. The van der Waals surface area contributed by atoms with Crippen molar-refractivity contribution < 1.29 is 13.6 Å². The number of imidazole rings is 1. The number of fused-ring (bicyclic) bond motifs is 1. The van der Waals surface area contributed by atoms with E-state index in [0.29, 0.717) is 26.1 Å². The number of hydrogen-bond acceptors (Lipinski definition) is 3. The Balaban J connectivity index is 1.52. The fourth-order valence-corrected chi connectivity index (χ4v) is 3.16. The predicted molar refractivity (Wildman–Crippen MR) is 90.4 cm³/mol. The van der Waals surface area contributed by atoms with Crippen LogP contribution < -0.4 is 0 Å². The highest BCUT2D eigenvalue weighted by Crippen LogP contribution is 2.21. The number of aromatic nitrogens is 3. The van der Waals surface area contributed by atoms with E-state index in [4.69, 9.17) is 0 Å². The highest BCUT2D eigenvalue weighted by Gasteiger charge is 2.26. The minimum Gasteiger partial charge on any atom is -0.332 e. The van der Waals surface area contributed by atoms with Gasteiger partial charge in [-0.25, -0.2) is 13.8 Å². The highest BCUT2D eigenvalue weighted by atomic mass is 19.1. The van der Waals surface area contributed by atoms with Crippen molar-refractivity contribution in [2.45, 2.75) is 19.5 Å². The van der Waals surface area contributed by atoms with E-state index in [9.17, 15) is 13.6 Å². The van der Waals surface area contributed by atoms with Gasteiger partial charge in [0.1, 0.15) is 11.6 Å². The second-order valence-electron chi connectivity index (χ2n) is 6.19. The van der Waals surface area contributed by atoms with Crippen LogP contribution in [0.3, 0.4) is 0 Å². The van der Waals surface area contributed by atoms with Gasteiger partial charge in [0, 0.05) is 18.7 Å². The summed E-state index contributed by atoms with van der Waals surface area (Å²) in [5, 5.41) is 0. The Morgan fingerprint density at radius 2 is 1.96 bits per heavy atom. The van der Waals surface area contributed by atoms with Crippen molar-refractivity contribution in [3.63, 3.8) is 0 Å². The quantitative estimate of drug-likeness (QED) is 0.727. The summed E-state index contributed by atoms with van der Waals surface area (Å²) in [7, 11) is 0. The molecule has 0 spiro atoms. The summed E-state index contributed by atoms with van der Waals surface area (Å²) in [6.45, 7) is 1.32. The average Bonchev–Trinajstić information content (AvgIpc) is 3.05. The van der Waals surface area contributed by atoms with E-state index in [1.165, 1.54) is 24.4 Å². The Hall–Kier alpha value is -3.09. The molecule has 0 radical (unpaired) electrons. The van der Waals surface area contributed by atoms with E-state index in [1.54, 1.807) is 29.4 Å². The molecule has 132 valence electrons. The lowest BCUT2D eigenvalue weighted by Gasteiger charge is -2.27. The van der Waals surface area contributed by atoms with Crippen molar-refractivity contribution in [1.82, 2.24) is 19.4 Å². The van der Waals surface area contributed by atoms with Crippen molar-refractivity contribution >= 4 is 5.91 Å². The summed E-state index contributed by atoms with van der Waals surface area (Å²) in [6.07, 6.45) is 3.51. The van der Waals surface area contributed by atoms with Gasteiger partial charge in [-0.05, 0) is 24.3 Å². The SMILES string of the molecule is O=C(c1ccccc1F)N1CCc2c(ncn2Cc2ccc(F)cn2)C1. The summed E-state index contributed by atoms with van der Waals surface area (Å²) >= 11 is 0. The van der Waals surface area contributed by atoms with Crippen LogP contribution in [0.15, 0.2) is 48.9 Å². The number of amides is 1. The maximum Gasteiger partial charge on any atom is 0.257 e. The number of carbonyl (C=O) groups is 1. The number of carbonyl (C=O) groups excluding carboxylic acids is 1. The topological polar surface area (TPSA) is 51.0 Å². The molecule has 0 aliphatic carbocycles. The van der Waals surface area contributed by atoms with Gasteiger partial charge in [-0.3, -0.25) is 9.78 Å². The summed E-state index contributed by atoms with van der Waals surface area (Å²) in [4.78, 5) is 22.6. The molecule has 4 rings (SSSR count). The standard InChI is InChI=1S/C19H16F2N4O/c20-13-5-6-14(22-9-13)10-25-12-23-17-11-24(8-7-18(17)25)19(26)15-3-1-2-4-16(15)21/h1-6,9,12H,7-8,10-11H2. The van der Waals surface area contributed by atoms with Gasteiger partial charge in [0.25, 0.3) is 5.91 Å². The van der Waals surface area contributed by atoms with Gasteiger partial charge in [0.15, 0.2) is 0 Å². The third-order valence-corrected chi connectivity index (χ3v) is 4.50. The first kappa shape index (κ1) is 16.4. The van der Waals surface area contributed by atoms with Crippen molar-refractivity contribution in [1.29, 1.82) is 0 Å². The lowest BCUT2D eigenvalue weighted by atomic mass is 10.1. The summed E-state index contributed by atoms with van der Waals surface area (Å²) in [6, 6.07) is 9.00. The van der Waals surface area contributed by atoms with Crippen LogP contribution in [0, 0.1) is 11.6 Å². The Kier molecular flexibility index (Phi) is 4.20. The number of halogens is 2. The highest BCUT2D eigenvalue weighted by molar-refractivity contribution is 5.94. The molecular weight excluding hydrogens is 338 g/mol. The summed E-state index contributed by atoms with van der Waals surface area (Å²) in [5.74, 6) is -1.22. The molecule has 3 aromatic rings. The Bertz CT molecular complexity index is 952. The van der Waals surface area contributed by atoms with Crippen LogP contribution in [0.2, 0.25) is 0 Å². The van der Waals surface area contributed by atoms with E-state index < -0.39 is 5.82 Å². The van der Waals surface area contributed by atoms with E-state index >= 15 is 0 Å². The van der Waals surface area contributed by atoms with Crippen LogP contribution >= 0.6 is 0 Å². The zero-order chi connectivity index (χ0) is 18.1. The van der Waals surface area contributed by atoms with E-state index in [0.717, 1.165) is 17.1 Å². The fraction of sp³-hybridized carbons (Fsp3) is 0.211. The maximum absolute atomic E-state index is 13.9. The molecule has 26 heavy (non-hydrogen) atoms. The van der Waals surface area contributed by atoms with Crippen LogP contribution in [-0.4, -0.2) is 31.9 Å². The molecule has 0 saturated heterocycles. The molecule has 0 saturated carbocycles. The van der Waals surface area contributed by atoms with Crippen LogP contribution in [-0.2, 0) is 19.5 Å². The van der Waals surface area contributed by atoms with Gasteiger partial charge in [-0.15, -0.1) is 0 Å². The molecule has 7 heteroatoms. The van der Waals surface area contributed by atoms with Crippen LogP contribution in [0.1, 0.15) is 27.4 Å². The minimum absolute atomic E-state index is 0.0749. The average molecular weight is 354 g/mol. The van der Waals surface area contributed by atoms with Gasteiger partial charge in [0.05, 0.1) is 42.6 Å². The predicted octanol–water partition coefficient (Wildman–Crippen LogP) is 2.80. The molecule has 0 atom stereocenters. The third kappa shape index (κ3) is 3.08. The van der Waals surface area contributed by atoms with Gasteiger partial charge < -0.3 is 9.47 Å². The smallest absolute Gasteiger partial charge is 0.257 e. The molecule has 0 N–H and O–H groups in total. The Morgan fingerprint density at radius 3 is 2.73 bits per heavy atom. The lowest BCUT2D eigenvalue weighted by molar-refractivity contribution is 0.0726. The van der Waals surface area contributed by atoms with Gasteiger partial charge >= 0.3 is 0 Å². The number of hydrogen-bond donors (Lipinski definition) is 0. The van der Waals surface area contributed by atoms with Gasteiger partial charge in [0.2, 0.25) is 0 Å². The molecule has 0 bridgehead atoms. The molecule has 2 aromatic heterocycles. The van der Waals surface area contributed by atoms with Crippen molar-refractivity contribution in [3.05, 3.63) is 83.2 Å². The van der Waals surface area contributed by atoms with Crippen LogP contribution in [0.4, 0.5) is 8.78 Å². The molecule has 5 nitrogen and oxygen atoms in total. The van der Waals surface area contributed by atoms with E-state index in [2.05, 4.69) is 9.97 Å². The second-order valence-corrected chi connectivity index (χ2v) is 6.19. The molecule has 0 fully saturated rings. The largest absolute Gasteiger partial charge is 0.332 e. The molecule has 3 heterocycles. The first-order chi connectivity index (χ1) is 12.6. The number of rotatable bonds is 3. The van der Waals surface area contributed by atoms with Crippen molar-refractivity contribution in [2.75, 3.05) is 6.54 Å².